The fraction of sp³-hybridized carbons (Fsp3) is 0.440. The van der Waals surface area contributed by atoms with Gasteiger partial charge in [-0.05, 0) is 62.4 Å². The number of aliphatic hydroxyl groups excluding tert-OH is 2. The maximum Gasteiger partial charge on any atom is 0.225 e. The molecule has 1 fully saturated rings. The molecule has 1 amide bonds. The van der Waals surface area contributed by atoms with E-state index in [1.807, 2.05) is 43.5 Å². The van der Waals surface area contributed by atoms with Gasteiger partial charge in [-0.1, -0.05) is 6.07 Å². The van der Waals surface area contributed by atoms with Crippen molar-refractivity contribution in [2.24, 2.45) is 5.92 Å². The summed E-state index contributed by atoms with van der Waals surface area (Å²) in [7, 11) is 0. The second-order valence-electron chi connectivity index (χ2n) is 8.64. The van der Waals surface area contributed by atoms with Crippen LogP contribution in [0.4, 0.5) is 11.6 Å². The Balaban J connectivity index is 1.38. The lowest BCUT2D eigenvalue weighted by Crippen LogP contribution is -2.40. The number of aliphatic hydroxyl groups is 2. The molecule has 0 unspecified atom stereocenters. The van der Waals surface area contributed by atoms with E-state index in [0.717, 1.165) is 58.5 Å². The van der Waals surface area contributed by atoms with Crippen molar-refractivity contribution in [1.82, 2.24) is 19.9 Å². The molecule has 1 aliphatic rings. The van der Waals surface area contributed by atoms with Crippen molar-refractivity contribution in [1.29, 1.82) is 0 Å². The Labute approximate surface area is 203 Å². The smallest absolute Gasteiger partial charge is 0.225 e. The molecular weight excluding hydrogens is 450 g/mol. The first-order valence-corrected chi connectivity index (χ1v) is 12.5. The van der Waals surface area contributed by atoms with Crippen LogP contribution in [0.5, 0.6) is 0 Å². The average Bonchev–Trinajstić information content (AvgIpc) is 3.34. The van der Waals surface area contributed by atoms with Gasteiger partial charge in [0, 0.05) is 37.3 Å². The third-order valence-corrected chi connectivity index (χ3v) is 7.36. The molecule has 1 aliphatic carbocycles. The van der Waals surface area contributed by atoms with E-state index in [1.165, 1.54) is 0 Å². The Morgan fingerprint density at radius 1 is 1.09 bits per heavy atom. The molecule has 0 radical (unpaired) electrons. The van der Waals surface area contributed by atoms with Crippen molar-refractivity contribution in [2.45, 2.75) is 38.5 Å². The second kappa shape index (κ2) is 11.5. The van der Waals surface area contributed by atoms with Gasteiger partial charge in [-0.2, -0.15) is 0 Å². The molecule has 0 saturated heterocycles. The first-order chi connectivity index (χ1) is 16.6. The standard InChI is InChI=1S/C25H31N5O3S/c1-17-9-10-26-23(15-17)29-22-4-2-3-20(28-22)21-16-27-24(34-21)18-5-7-19(8-6-18)25(33)30(11-13-31)12-14-32/h2-4,9-10,15-16,18-19,31-32H,5-8,11-14H2,1H3,(H,26,28,29)/t18-,19-. The summed E-state index contributed by atoms with van der Waals surface area (Å²) in [5, 5.41) is 22.8. The Morgan fingerprint density at radius 2 is 1.85 bits per heavy atom. The summed E-state index contributed by atoms with van der Waals surface area (Å²) in [5.41, 5.74) is 2.00. The van der Waals surface area contributed by atoms with Crippen LogP contribution in [-0.4, -0.2) is 62.3 Å². The average molecular weight is 482 g/mol. The number of aromatic nitrogens is 3. The molecule has 8 nitrogen and oxygen atoms in total. The summed E-state index contributed by atoms with van der Waals surface area (Å²) in [4.78, 5) is 29.1. The van der Waals surface area contributed by atoms with E-state index in [4.69, 9.17) is 4.98 Å². The number of hydrogen-bond donors (Lipinski definition) is 3. The van der Waals surface area contributed by atoms with Gasteiger partial charge in [-0.25, -0.2) is 15.0 Å². The highest BCUT2D eigenvalue weighted by molar-refractivity contribution is 7.15. The van der Waals surface area contributed by atoms with Crippen molar-refractivity contribution in [3.63, 3.8) is 0 Å². The summed E-state index contributed by atoms with van der Waals surface area (Å²) in [6.07, 6.45) is 7.07. The quantitative estimate of drug-likeness (QED) is 0.427. The largest absolute Gasteiger partial charge is 0.395 e. The number of carbonyl (C=O) groups is 1. The van der Waals surface area contributed by atoms with E-state index in [2.05, 4.69) is 15.3 Å². The zero-order chi connectivity index (χ0) is 23.9. The summed E-state index contributed by atoms with van der Waals surface area (Å²) >= 11 is 1.66. The molecule has 1 saturated carbocycles. The van der Waals surface area contributed by atoms with E-state index >= 15 is 0 Å². The molecule has 4 rings (SSSR count). The zero-order valence-corrected chi connectivity index (χ0v) is 20.2. The number of thiazole rings is 1. The van der Waals surface area contributed by atoms with Gasteiger partial charge in [0.25, 0.3) is 0 Å². The van der Waals surface area contributed by atoms with E-state index in [-0.39, 0.29) is 38.1 Å². The third kappa shape index (κ3) is 5.97. The minimum atomic E-state index is -0.0881. The molecule has 0 bridgehead atoms. The van der Waals surface area contributed by atoms with Crippen molar-refractivity contribution in [2.75, 3.05) is 31.6 Å². The number of pyridine rings is 2. The summed E-state index contributed by atoms with van der Waals surface area (Å²) in [6.45, 7) is 2.40. The fourth-order valence-corrected chi connectivity index (χ4v) is 5.45. The molecule has 0 spiro atoms. The summed E-state index contributed by atoms with van der Waals surface area (Å²) in [5.74, 6) is 1.83. The van der Waals surface area contributed by atoms with E-state index in [9.17, 15) is 15.0 Å². The summed E-state index contributed by atoms with van der Waals surface area (Å²) < 4.78 is 0. The molecule has 3 heterocycles. The lowest BCUT2D eigenvalue weighted by Gasteiger charge is -2.31. The minimum absolute atomic E-state index is 0.0398. The molecule has 9 heteroatoms. The van der Waals surface area contributed by atoms with Crippen LogP contribution in [0.1, 0.15) is 42.2 Å². The van der Waals surface area contributed by atoms with Crippen LogP contribution in [0.2, 0.25) is 0 Å². The number of nitrogens with zero attached hydrogens (tertiary/aromatic N) is 4. The van der Waals surface area contributed by atoms with Crippen LogP contribution < -0.4 is 5.32 Å². The van der Waals surface area contributed by atoms with E-state index in [0.29, 0.717) is 5.92 Å². The van der Waals surface area contributed by atoms with Crippen molar-refractivity contribution < 1.29 is 15.0 Å². The van der Waals surface area contributed by atoms with Crippen molar-refractivity contribution in [3.8, 4) is 10.6 Å². The molecule has 34 heavy (non-hydrogen) atoms. The SMILES string of the molecule is Cc1ccnc(Nc2cccc(-c3cnc([C@H]4CC[C@H](C(=O)N(CCO)CCO)CC4)s3)n2)c1. The Kier molecular flexibility index (Phi) is 8.21. The van der Waals surface area contributed by atoms with Gasteiger partial charge < -0.3 is 20.4 Å². The van der Waals surface area contributed by atoms with Gasteiger partial charge in [0.15, 0.2) is 0 Å². The fourth-order valence-electron chi connectivity index (χ4n) is 4.39. The molecule has 0 atom stereocenters. The first kappa shape index (κ1) is 24.3. The Bertz CT molecular complexity index is 1090. The van der Waals surface area contributed by atoms with Crippen molar-refractivity contribution in [3.05, 3.63) is 53.3 Å². The predicted molar refractivity (Wildman–Crippen MR) is 133 cm³/mol. The van der Waals surface area contributed by atoms with Crippen LogP contribution in [0.25, 0.3) is 10.6 Å². The molecule has 3 aromatic heterocycles. The summed E-state index contributed by atoms with van der Waals surface area (Å²) in [6, 6.07) is 9.81. The Hall–Kier alpha value is -2.88. The van der Waals surface area contributed by atoms with Crippen LogP contribution in [0.3, 0.4) is 0 Å². The lowest BCUT2D eigenvalue weighted by molar-refractivity contribution is -0.137. The molecule has 3 aromatic rings. The minimum Gasteiger partial charge on any atom is -0.395 e. The van der Waals surface area contributed by atoms with Gasteiger partial charge in [-0.15, -0.1) is 11.3 Å². The number of amides is 1. The lowest BCUT2D eigenvalue weighted by atomic mass is 9.81. The van der Waals surface area contributed by atoms with Gasteiger partial charge in [0.1, 0.15) is 11.6 Å². The molecule has 0 aliphatic heterocycles. The number of hydrogen-bond acceptors (Lipinski definition) is 8. The number of aryl methyl sites for hydroxylation is 1. The van der Waals surface area contributed by atoms with Gasteiger partial charge in [-0.3, -0.25) is 4.79 Å². The molecule has 3 N–H and O–H groups in total. The van der Waals surface area contributed by atoms with Crippen LogP contribution in [-0.2, 0) is 4.79 Å². The van der Waals surface area contributed by atoms with Crippen LogP contribution in [0, 0.1) is 12.8 Å². The maximum atomic E-state index is 12.8. The van der Waals surface area contributed by atoms with Gasteiger partial charge in [0.2, 0.25) is 5.91 Å². The first-order valence-electron chi connectivity index (χ1n) is 11.7. The molecular formula is C25H31N5O3S. The molecule has 0 aromatic carbocycles. The van der Waals surface area contributed by atoms with E-state index in [1.54, 1.807) is 22.4 Å². The zero-order valence-electron chi connectivity index (χ0n) is 19.4. The van der Waals surface area contributed by atoms with Crippen LogP contribution >= 0.6 is 11.3 Å². The highest BCUT2D eigenvalue weighted by atomic mass is 32.1. The van der Waals surface area contributed by atoms with Gasteiger partial charge in [0.05, 0.1) is 28.8 Å². The topological polar surface area (TPSA) is 111 Å². The third-order valence-electron chi connectivity index (χ3n) is 6.17. The van der Waals surface area contributed by atoms with Crippen molar-refractivity contribution >= 4 is 28.9 Å². The monoisotopic (exact) mass is 481 g/mol. The second-order valence-corrected chi connectivity index (χ2v) is 9.70. The van der Waals surface area contributed by atoms with Crippen LogP contribution in [0.15, 0.2) is 42.7 Å². The maximum absolute atomic E-state index is 12.8. The van der Waals surface area contributed by atoms with E-state index < -0.39 is 0 Å². The highest BCUT2D eigenvalue weighted by Crippen LogP contribution is 2.39. The van der Waals surface area contributed by atoms with Gasteiger partial charge >= 0.3 is 0 Å². The predicted octanol–water partition coefficient (Wildman–Crippen LogP) is 3.74. The highest BCUT2D eigenvalue weighted by Gasteiger charge is 2.31. The number of nitrogens with one attached hydrogen (secondary N) is 1. The number of anilines is 2. The number of carbonyl (C=O) groups excluding carboxylic acids is 1. The Morgan fingerprint density at radius 3 is 2.56 bits per heavy atom. The normalized spacial score (nSPS) is 18.0. The number of rotatable bonds is 9. The molecule has 180 valence electrons.